The van der Waals surface area contributed by atoms with Crippen LogP contribution < -0.4 is 10.5 Å². The largest absolute Gasteiger partial charge is 0.399 e. The van der Waals surface area contributed by atoms with Gasteiger partial charge in [-0.15, -0.1) is 0 Å². The van der Waals surface area contributed by atoms with E-state index in [4.69, 9.17) is 17.3 Å². The van der Waals surface area contributed by atoms with Crippen LogP contribution in [0.4, 0.5) is 15.8 Å². The number of hydrogen-bond donors (Lipinski definition) is 2. The third-order valence-electron chi connectivity index (χ3n) is 2.92. The van der Waals surface area contributed by atoms with Gasteiger partial charge >= 0.3 is 0 Å². The molecule has 0 atom stereocenters. The zero-order valence-electron chi connectivity index (χ0n) is 11.4. The fourth-order valence-corrected chi connectivity index (χ4v) is 3.93. The van der Waals surface area contributed by atoms with E-state index < -0.39 is 15.8 Å². The first-order valence-corrected chi connectivity index (χ1v) is 7.91. The van der Waals surface area contributed by atoms with Crippen LogP contribution >= 0.6 is 11.6 Å². The number of benzene rings is 2. The maximum Gasteiger partial charge on any atom is 0.262 e. The predicted molar refractivity (Wildman–Crippen MR) is 82.5 cm³/mol. The van der Waals surface area contributed by atoms with Crippen LogP contribution in [0.15, 0.2) is 35.2 Å². The lowest BCUT2D eigenvalue weighted by Crippen LogP contribution is -2.16. The molecule has 7 heteroatoms. The highest BCUT2D eigenvalue weighted by Crippen LogP contribution is 2.28. The van der Waals surface area contributed by atoms with Crippen molar-refractivity contribution in [2.45, 2.75) is 18.7 Å². The summed E-state index contributed by atoms with van der Waals surface area (Å²) in [5.74, 6) is -0.581. The summed E-state index contributed by atoms with van der Waals surface area (Å²) in [7, 11) is -3.89. The second kappa shape index (κ2) is 5.54. The molecule has 0 unspecified atom stereocenters. The Morgan fingerprint density at radius 2 is 1.71 bits per heavy atom. The fourth-order valence-electron chi connectivity index (χ4n) is 2.18. The summed E-state index contributed by atoms with van der Waals surface area (Å²) in [4.78, 5) is 0.108. The molecule has 0 radical (unpaired) electrons. The lowest BCUT2D eigenvalue weighted by molar-refractivity contribution is 0.600. The van der Waals surface area contributed by atoms with Crippen molar-refractivity contribution in [3.63, 3.8) is 0 Å². The summed E-state index contributed by atoms with van der Waals surface area (Å²) in [6.45, 7) is 3.29. The van der Waals surface area contributed by atoms with Gasteiger partial charge in [0.15, 0.2) is 0 Å². The number of nitrogens with one attached hydrogen (secondary N) is 1. The lowest BCUT2D eigenvalue weighted by atomic mass is 10.1. The minimum atomic E-state index is -3.89. The van der Waals surface area contributed by atoms with Crippen LogP contribution in [-0.2, 0) is 10.0 Å². The van der Waals surface area contributed by atoms with Gasteiger partial charge in [0.1, 0.15) is 5.82 Å². The number of hydrogen-bond acceptors (Lipinski definition) is 3. The molecule has 2 aromatic rings. The number of nitrogens with two attached hydrogens (primary N) is 1. The van der Waals surface area contributed by atoms with Crippen molar-refractivity contribution in [2.24, 2.45) is 0 Å². The van der Waals surface area contributed by atoms with Crippen molar-refractivity contribution in [1.29, 1.82) is 0 Å². The molecular formula is C14H14ClFN2O2S. The van der Waals surface area contributed by atoms with Gasteiger partial charge in [-0.2, -0.15) is 0 Å². The van der Waals surface area contributed by atoms with Gasteiger partial charge in [-0.25, -0.2) is 12.8 Å². The van der Waals surface area contributed by atoms with Crippen LogP contribution in [0, 0.1) is 19.7 Å². The van der Waals surface area contributed by atoms with E-state index in [0.29, 0.717) is 16.8 Å². The molecule has 0 aliphatic carbocycles. The molecule has 0 bridgehead atoms. The highest BCUT2D eigenvalue weighted by molar-refractivity contribution is 7.92. The van der Waals surface area contributed by atoms with E-state index in [9.17, 15) is 12.8 Å². The van der Waals surface area contributed by atoms with E-state index in [2.05, 4.69) is 4.72 Å². The zero-order valence-corrected chi connectivity index (χ0v) is 13.0. The Morgan fingerprint density at radius 3 is 2.29 bits per heavy atom. The molecule has 0 fully saturated rings. The third kappa shape index (κ3) is 3.28. The first kappa shape index (κ1) is 15.6. The smallest absolute Gasteiger partial charge is 0.262 e. The van der Waals surface area contributed by atoms with Crippen molar-refractivity contribution in [1.82, 2.24) is 0 Å². The Hall–Kier alpha value is -1.79. The molecule has 0 aliphatic heterocycles. The van der Waals surface area contributed by atoms with Crippen molar-refractivity contribution in [3.8, 4) is 0 Å². The maximum atomic E-state index is 13.2. The lowest BCUT2D eigenvalue weighted by Gasteiger charge is -2.14. The molecule has 112 valence electrons. The number of sulfonamides is 1. The van der Waals surface area contributed by atoms with E-state index >= 15 is 0 Å². The summed E-state index contributed by atoms with van der Waals surface area (Å²) in [5.41, 5.74) is 7.17. The summed E-state index contributed by atoms with van der Waals surface area (Å²) < 4.78 is 40.5. The number of aryl methyl sites for hydroxylation is 2. The van der Waals surface area contributed by atoms with Crippen LogP contribution in [0.3, 0.4) is 0 Å². The first-order valence-electron chi connectivity index (χ1n) is 6.05. The zero-order chi connectivity index (χ0) is 15.8. The van der Waals surface area contributed by atoms with E-state index in [-0.39, 0.29) is 15.6 Å². The molecule has 0 aromatic heterocycles. The Morgan fingerprint density at radius 1 is 1.14 bits per heavy atom. The van der Waals surface area contributed by atoms with Crippen LogP contribution in [0.1, 0.15) is 11.1 Å². The third-order valence-corrected chi connectivity index (χ3v) is 4.92. The maximum absolute atomic E-state index is 13.2. The number of nitrogen functional groups attached to an aromatic ring is 1. The minimum absolute atomic E-state index is 0.00714. The Balaban J connectivity index is 2.51. The molecule has 0 spiro atoms. The van der Waals surface area contributed by atoms with Crippen molar-refractivity contribution in [3.05, 3.63) is 52.3 Å². The molecule has 2 rings (SSSR count). The van der Waals surface area contributed by atoms with Crippen LogP contribution in [-0.4, -0.2) is 8.42 Å². The predicted octanol–water partition coefficient (Wildman–Crippen LogP) is 3.48. The molecule has 3 N–H and O–H groups in total. The van der Waals surface area contributed by atoms with Gasteiger partial charge in [0.05, 0.1) is 15.6 Å². The van der Waals surface area contributed by atoms with Gasteiger partial charge < -0.3 is 5.73 Å². The topological polar surface area (TPSA) is 72.2 Å². The molecule has 0 saturated carbocycles. The molecule has 0 saturated heterocycles. The van der Waals surface area contributed by atoms with Gasteiger partial charge in [-0.3, -0.25) is 4.72 Å². The van der Waals surface area contributed by atoms with Gasteiger partial charge in [0, 0.05) is 5.69 Å². The standard InChI is InChI=1S/C14H14ClFN2O2S/c1-8-5-11(17)6-9(2)14(8)21(19,20)18-13-7-10(16)3-4-12(13)15/h3-7,18H,17H2,1-2H3. The van der Waals surface area contributed by atoms with Gasteiger partial charge in [0.2, 0.25) is 0 Å². The highest BCUT2D eigenvalue weighted by Gasteiger charge is 2.21. The first-order chi connectivity index (χ1) is 9.70. The van der Waals surface area contributed by atoms with Crippen LogP contribution in [0.2, 0.25) is 5.02 Å². The molecule has 4 nitrogen and oxygen atoms in total. The van der Waals surface area contributed by atoms with E-state index in [1.807, 2.05) is 0 Å². The van der Waals surface area contributed by atoms with Gasteiger partial charge in [-0.1, -0.05) is 11.6 Å². The molecule has 0 heterocycles. The average Bonchev–Trinajstić information content (AvgIpc) is 2.31. The van der Waals surface area contributed by atoms with Gasteiger partial charge in [-0.05, 0) is 55.3 Å². The monoisotopic (exact) mass is 328 g/mol. The minimum Gasteiger partial charge on any atom is -0.399 e. The van der Waals surface area contributed by atoms with Crippen molar-refractivity contribution >= 4 is 33.0 Å². The molecule has 0 amide bonds. The van der Waals surface area contributed by atoms with Crippen molar-refractivity contribution < 1.29 is 12.8 Å². The van der Waals surface area contributed by atoms with Crippen molar-refractivity contribution in [2.75, 3.05) is 10.5 Å². The molecular weight excluding hydrogens is 315 g/mol. The molecule has 2 aromatic carbocycles. The van der Waals surface area contributed by atoms with E-state index in [1.165, 1.54) is 6.07 Å². The summed E-state index contributed by atoms with van der Waals surface area (Å²) >= 11 is 5.88. The molecule has 21 heavy (non-hydrogen) atoms. The number of halogens is 2. The van der Waals surface area contributed by atoms with Crippen LogP contribution in [0.5, 0.6) is 0 Å². The average molecular weight is 329 g/mol. The summed E-state index contributed by atoms with van der Waals surface area (Å²) in [6.07, 6.45) is 0. The molecule has 0 aliphatic rings. The van der Waals surface area contributed by atoms with Gasteiger partial charge in [0.25, 0.3) is 10.0 Å². The number of rotatable bonds is 3. The Labute approximate surface area is 127 Å². The fraction of sp³-hybridized carbons (Fsp3) is 0.143. The Bertz CT molecular complexity index is 784. The van der Waals surface area contributed by atoms with E-state index in [0.717, 1.165) is 12.1 Å². The SMILES string of the molecule is Cc1cc(N)cc(C)c1S(=O)(=O)Nc1cc(F)ccc1Cl. The summed E-state index contributed by atoms with van der Waals surface area (Å²) in [5, 5.41) is 0.116. The second-order valence-electron chi connectivity index (χ2n) is 4.71. The highest BCUT2D eigenvalue weighted by atomic mass is 35.5. The summed E-state index contributed by atoms with van der Waals surface area (Å²) in [6, 6.07) is 6.60. The normalized spacial score (nSPS) is 11.4. The van der Waals surface area contributed by atoms with E-state index in [1.54, 1.807) is 26.0 Å². The number of anilines is 2. The van der Waals surface area contributed by atoms with Crippen LogP contribution in [0.25, 0.3) is 0 Å². The Kier molecular flexibility index (Phi) is 4.11. The quantitative estimate of drug-likeness (QED) is 0.847. The second-order valence-corrected chi connectivity index (χ2v) is 6.74.